The number of hydrogen-bond donors (Lipinski definition) is 1. The van der Waals surface area contributed by atoms with Gasteiger partial charge in [0.25, 0.3) is 5.91 Å². The average Bonchev–Trinajstić information content (AvgIpc) is 2.92. The summed E-state index contributed by atoms with van der Waals surface area (Å²) in [4.78, 5) is 14.3. The first-order valence-electron chi connectivity index (χ1n) is 6.88. The van der Waals surface area contributed by atoms with Gasteiger partial charge in [-0.3, -0.25) is 4.79 Å². The molecule has 1 saturated carbocycles. The van der Waals surface area contributed by atoms with E-state index in [0.717, 1.165) is 25.7 Å². The summed E-state index contributed by atoms with van der Waals surface area (Å²) in [6.45, 7) is 2.48. The summed E-state index contributed by atoms with van der Waals surface area (Å²) in [6.07, 6.45) is 4.20. The number of carbonyl (C=O) groups excluding carboxylic acids is 1. The number of nitrogens with two attached hydrogens (primary N) is 1. The van der Waals surface area contributed by atoms with E-state index in [9.17, 15) is 13.2 Å². The Kier molecular flexibility index (Phi) is 4.45. The summed E-state index contributed by atoms with van der Waals surface area (Å²) in [5.41, 5.74) is 0.170. The molecule has 2 rings (SSSR count). The van der Waals surface area contributed by atoms with E-state index in [1.807, 2.05) is 6.92 Å². The minimum Gasteiger partial charge on any atom is -0.336 e. The van der Waals surface area contributed by atoms with Crippen molar-refractivity contribution in [2.24, 2.45) is 5.14 Å². The van der Waals surface area contributed by atoms with Gasteiger partial charge in [0.1, 0.15) is 0 Å². The van der Waals surface area contributed by atoms with Crippen LogP contribution in [0.15, 0.2) is 29.2 Å². The van der Waals surface area contributed by atoms with Gasteiger partial charge in [0.15, 0.2) is 0 Å². The van der Waals surface area contributed by atoms with E-state index in [1.54, 1.807) is 17.0 Å². The minimum absolute atomic E-state index is 0.0959. The van der Waals surface area contributed by atoms with E-state index in [-0.39, 0.29) is 22.4 Å². The average molecular weight is 296 g/mol. The molecule has 0 heterocycles. The van der Waals surface area contributed by atoms with Crippen molar-refractivity contribution in [3.63, 3.8) is 0 Å². The SMILES string of the molecule is CCN(C(=O)c1ccccc1S(N)(=O)=O)C1CCCC1. The second-order valence-corrected chi connectivity index (χ2v) is 6.60. The van der Waals surface area contributed by atoms with Crippen molar-refractivity contribution in [3.05, 3.63) is 29.8 Å². The zero-order chi connectivity index (χ0) is 14.8. The Labute approximate surface area is 119 Å². The van der Waals surface area contributed by atoms with Crippen LogP contribution in [-0.4, -0.2) is 31.8 Å². The smallest absolute Gasteiger partial charge is 0.255 e. The monoisotopic (exact) mass is 296 g/mol. The Hall–Kier alpha value is -1.40. The molecule has 110 valence electrons. The van der Waals surface area contributed by atoms with Crippen LogP contribution in [0.5, 0.6) is 0 Å². The second-order valence-electron chi connectivity index (χ2n) is 5.07. The Morgan fingerprint density at radius 3 is 2.45 bits per heavy atom. The highest BCUT2D eigenvalue weighted by Gasteiger charge is 2.29. The van der Waals surface area contributed by atoms with E-state index >= 15 is 0 Å². The second kappa shape index (κ2) is 5.93. The van der Waals surface area contributed by atoms with Crippen LogP contribution < -0.4 is 5.14 Å². The Balaban J connectivity index is 2.37. The fraction of sp³-hybridized carbons (Fsp3) is 0.500. The molecule has 0 spiro atoms. The summed E-state index contributed by atoms with van der Waals surface area (Å²) in [7, 11) is -3.89. The molecule has 1 aromatic carbocycles. The first-order chi connectivity index (χ1) is 9.45. The number of sulfonamides is 1. The third-order valence-corrected chi connectivity index (χ3v) is 4.76. The molecule has 0 saturated heterocycles. The maximum atomic E-state index is 12.6. The van der Waals surface area contributed by atoms with Gasteiger partial charge in [-0.1, -0.05) is 25.0 Å². The highest BCUT2D eigenvalue weighted by atomic mass is 32.2. The summed E-state index contributed by atoms with van der Waals surface area (Å²) < 4.78 is 23.2. The van der Waals surface area contributed by atoms with Crippen molar-refractivity contribution >= 4 is 15.9 Å². The standard InChI is InChI=1S/C14H20N2O3S/c1-2-16(11-7-3-4-8-11)14(17)12-9-5-6-10-13(12)20(15,18)19/h5-6,9-11H,2-4,7-8H2,1H3,(H2,15,18,19). The molecule has 0 unspecified atom stereocenters. The molecule has 0 radical (unpaired) electrons. The highest BCUT2D eigenvalue weighted by molar-refractivity contribution is 7.89. The van der Waals surface area contributed by atoms with Crippen LogP contribution in [0.2, 0.25) is 0 Å². The lowest BCUT2D eigenvalue weighted by molar-refractivity contribution is 0.0689. The predicted octanol–water partition coefficient (Wildman–Crippen LogP) is 1.74. The summed E-state index contributed by atoms with van der Waals surface area (Å²) in [5, 5.41) is 5.19. The van der Waals surface area contributed by atoms with Crippen LogP contribution >= 0.6 is 0 Å². The fourth-order valence-electron chi connectivity index (χ4n) is 2.83. The summed E-state index contributed by atoms with van der Waals surface area (Å²) in [6, 6.07) is 6.35. The molecular weight excluding hydrogens is 276 g/mol. The van der Waals surface area contributed by atoms with Crippen molar-refractivity contribution < 1.29 is 13.2 Å². The zero-order valence-electron chi connectivity index (χ0n) is 11.6. The molecule has 6 heteroatoms. The van der Waals surface area contributed by atoms with Gasteiger partial charge < -0.3 is 4.90 Å². The first-order valence-corrected chi connectivity index (χ1v) is 8.42. The van der Waals surface area contributed by atoms with Crippen molar-refractivity contribution in [2.45, 2.75) is 43.5 Å². The van der Waals surface area contributed by atoms with E-state index in [0.29, 0.717) is 6.54 Å². The van der Waals surface area contributed by atoms with Gasteiger partial charge in [-0.05, 0) is 31.9 Å². The number of hydrogen-bond acceptors (Lipinski definition) is 3. The Morgan fingerprint density at radius 2 is 1.90 bits per heavy atom. The van der Waals surface area contributed by atoms with Gasteiger partial charge >= 0.3 is 0 Å². The van der Waals surface area contributed by atoms with Gasteiger partial charge in [0.2, 0.25) is 10.0 Å². The van der Waals surface area contributed by atoms with Crippen LogP contribution in [0, 0.1) is 0 Å². The number of carbonyl (C=O) groups is 1. The minimum atomic E-state index is -3.89. The number of nitrogens with zero attached hydrogens (tertiary/aromatic N) is 1. The van der Waals surface area contributed by atoms with Crippen LogP contribution in [0.3, 0.4) is 0 Å². The third kappa shape index (κ3) is 3.02. The van der Waals surface area contributed by atoms with Crippen LogP contribution in [0.1, 0.15) is 43.0 Å². The van der Waals surface area contributed by atoms with Crippen LogP contribution in [0.25, 0.3) is 0 Å². The van der Waals surface area contributed by atoms with Gasteiger partial charge in [-0.25, -0.2) is 13.6 Å². The van der Waals surface area contributed by atoms with Gasteiger partial charge in [-0.15, -0.1) is 0 Å². The Bertz CT molecular complexity index is 592. The molecule has 0 atom stereocenters. The molecule has 0 aliphatic heterocycles. The van der Waals surface area contributed by atoms with E-state index in [1.165, 1.54) is 12.1 Å². The fourth-order valence-corrected chi connectivity index (χ4v) is 3.56. The zero-order valence-corrected chi connectivity index (χ0v) is 12.4. The number of primary sulfonamides is 1. The molecule has 0 bridgehead atoms. The van der Waals surface area contributed by atoms with Gasteiger partial charge in [0.05, 0.1) is 10.5 Å². The maximum Gasteiger partial charge on any atom is 0.255 e. The van der Waals surface area contributed by atoms with E-state index in [2.05, 4.69) is 0 Å². The lowest BCUT2D eigenvalue weighted by atomic mass is 10.1. The van der Waals surface area contributed by atoms with Crippen molar-refractivity contribution in [1.29, 1.82) is 0 Å². The quantitative estimate of drug-likeness (QED) is 0.919. The van der Waals surface area contributed by atoms with E-state index < -0.39 is 10.0 Å². The van der Waals surface area contributed by atoms with Crippen molar-refractivity contribution in [3.8, 4) is 0 Å². The predicted molar refractivity (Wildman–Crippen MR) is 76.8 cm³/mol. The summed E-state index contributed by atoms with van der Waals surface area (Å²) in [5.74, 6) is -0.246. The molecule has 1 amide bonds. The van der Waals surface area contributed by atoms with E-state index in [4.69, 9.17) is 5.14 Å². The molecular formula is C14H20N2O3S. The van der Waals surface area contributed by atoms with Gasteiger partial charge in [-0.2, -0.15) is 0 Å². The molecule has 5 nitrogen and oxygen atoms in total. The molecule has 1 aliphatic rings. The number of amides is 1. The first kappa shape index (κ1) is 15.0. The molecule has 20 heavy (non-hydrogen) atoms. The number of benzene rings is 1. The molecule has 1 aliphatic carbocycles. The summed E-state index contributed by atoms with van der Waals surface area (Å²) >= 11 is 0. The van der Waals surface area contributed by atoms with Crippen molar-refractivity contribution in [1.82, 2.24) is 4.90 Å². The van der Waals surface area contributed by atoms with Crippen LogP contribution in [-0.2, 0) is 10.0 Å². The lowest BCUT2D eigenvalue weighted by Gasteiger charge is -2.28. The highest BCUT2D eigenvalue weighted by Crippen LogP contribution is 2.26. The molecule has 1 fully saturated rings. The van der Waals surface area contributed by atoms with Crippen molar-refractivity contribution in [2.75, 3.05) is 6.54 Å². The maximum absolute atomic E-state index is 12.6. The molecule has 1 aromatic rings. The molecule has 0 aromatic heterocycles. The van der Waals surface area contributed by atoms with Crippen LogP contribution in [0.4, 0.5) is 0 Å². The normalized spacial score (nSPS) is 16.3. The third-order valence-electron chi connectivity index (χ3n) is 3.79. The Morgan fingerprint density at radius 1 is 1.30 bits per heavy atom. The lowest BCUT2D eigenvalue weighted by Crippen LogP contribution is -2.39. The molecule has 2 N–H and O–H groups in total. The number of rotatable bonds is 4. The largest absolute Gasteiger partial charge is 0.336 e. The van der Waals surface area contributed by atoms with Gasteiger partial charge in [0, 0.05) is 12.6 Å². The topological polar surface area (TPSA) is 80.5 Å².